The van der Waals surface area contributed by atoms with Gasteiger partial charge < -0.3 is 25.2 Å². The van der Waals surface area contributed by atoms with Gasteiger partial charge in [0.15, 0.2) is 11.6 Å². The van der Waals surface area contributed by atoms with E-state index in [1.807, 2.05) is 20.8 Å². The Labute approximate surface area is 242 Å². The van der Waals surface area contributed by atoms with Crippen molar-refractivity contribution in [3.05, 3.63) is 42.1 Å². The van der Waals surface area contributed by atoms with Gasteiger partial charge in [0.05, 0.1) is 23.2 Å². The third kappa shape index (κ3) is 6.16. The predicted molar refractivity (Wildman–Crippen MR) is 155 cm³/mol. The van der Waals surface area contributed by atoms with Gasteiger partial charge in [-0.3, -0.25) is 4.79 Å². The summed E-state index contributed by atoms with van der Waals surface area (Å²) >= 11 is 0. The number of nitrogens with zero attached hydrogens (tertiary/aromatic N) is 6. The number of piperidine rings is 1. The molecule has 3 fully saturated rings. The summed E-state index contributed by atoms with van der Waals surface area (Å²) in [6.07, 6.45) is 8.91. The molecule has 10 heteroatoms. The molecule has 1 amide bonds. The molecular formula is C31H42FN7O2. The van der Waals surface area contributed by atoms with E-state index in [9.17, 15) is 14.4 Å². The minimum Gasteiger partial charge on any atom is -0.451 e. The largest absolute Gasteiger partial charge is 0.451 e. The van der Waals surface area contributed by atoms with Gasteiger partial charge in [0, 0.05) is 43.7 Å². The van der Waals surface area contributed by atoms with Crippen molar-refractivity contribution in [3.8, 4) is 17.6 Å². The smallest absolute Gasteiger partial charge is 0.257 e. The Hall–Kier alpha value is -3.29. The number of aromatic nitrogens is 2. The number of likely N-dealkylation sites (tertiary alicyclic amines) is 1. The van der Waals surface area contributed by atoms with Crippen molar-refractivity contribution >= 4 is 11.7 Å². The van der Waals surface area contributed by atoms with E-state index in [0.717, 1.165) is 71.2 Å². The Morgan fingerprint density at radius 1 is 1.22 bits per heavy atom. The van der Waals surface area contributed by atoms with Crippen LogP contribution in [0.4, 0.5) is 10.2 Å². The fourth-order valence-electron chi connectivity index (χ4n) is 6.74. The molecule has 5 rings (SSSR count). The van der Waals surface area contributed by atoms with E-state index in [-0.39, 0.29) is 40.1 Å². The van der Waals surface area contributed by atoms with Crippen molar-refractivity contribution in [1.29, 1.82) is 5.26 Å². The fourth-order valence-corrected chi connectivity index (χ4v) is 6.74. The number of anilines is 1. The van der Waals surface area contributed by atoms with Gasteiger partial charge in [-0.1, -0.05) is 0 Å². The highest BCUT2D eigenvalue weighted by atomic mass is 19.1. The molecule has 0 radical (unpaired) electrons. The molecule has 0 bridgehead atoms. The summed E-state index contributed by atoms with van der Waals surface area (Å²) in [6, 6.07) is 6.87. The summed E-state index contributed by atoms with van der Waals surface area (Å²) in [5, 5.41) is 9.95. The van der Waals surface area contributed by atoms with Crippen LogP contribution < -0.4 is 15.4 Å². The molecular weight excluding hydrogens is 521 g/mol. The lowest BCUT2D eigenvalue weighted by molar-refractivity contribution is 0.0491. The number of nitriles is 1. The van der Waals surface area contributed by atoms with Gasteiger partial charge in [0.25, 0.3) is 5.91 Å². The average Bonchev–Trinajstić information content (AvgIpc) is 2.95. The molecule has 1 saturated carbocycles. The summed E-state index contributed by atoms with van der Waals surface area (Å²) in [5.41, 5.74) is 6.23. The molecule has 3 heterocycles. The predicted octanol–water partition coefficient (Wildman–Crippen LogP) is 4.59. The zero-order chi connectivity index (χ0) is 29.2. The zero-order valence-corrected chi connectivity index (χ0v) is 24.5. The van der Waals surface area contributed by atoms with Gasteiger partial charge in [0.2, 0.25) is 0 Å². The second-order valence-corrected chi connectivity index (χ2v) is 12.5. The number of nitrogens with two attached hydrogens (primary N) is 1. The number of ether oxygens (including phenoxy) is 1. The Bertz CT molecular complexity index is 1270. The second-order valence-electron chi connectivity index (χ2n) is 12.5. The van der Waals surface area contributed by atoms with E-state index in [1.165, 1.54) is 24.5 Å². The summed E-state index contributed by atoms with van der Waals surface area (Å²) < 4.78 is 20.4. The van der Waals surface area contributed by atoms with E-state index in [0.29, 0.717) is 18.1 Å². The summed E-state index contributed by atoms with van der Waals surface area (Å²) in [7, 11) is 0. The second kappa shape index (κ2) is 11.9. The number of halogens is 1. The quantitative estimate of drug-likeness (QED) is 0.496. The highest BCUT2D eigenvalue weighted by Gasteiger charge is 2.47. The normalized spacial score (nSPS) is 24.1. The lowest BCUT2D eigenvalue weighted by Gasteiger charge is -2.55. The van der Waals surface area contributed by atoms with E-state index in [4.69, 9.17) is 10.5 Å². The Morgan fingerprint density at radius 2 is 1.93 bits per heavy atom. The lowest BCUT2D eigenvalue weighted by atomic mass is 9.70. The van der Waals surface area contributed by atoms with Crippen molar-refractivity contribution in [2.24, 2.45) is 16.6 Å². The van der Waals surface area contributed by atoms with Crippen molar-refractivity contribution in [3.63, 3.8) is 0 Å². The maximum atomic E-state index is 14.2. The molecule has 0 unspecified atom stereocenters. The SMILES string of the molecule is CCN(C(=O)c1cc(F)ccc1Oc1cncnc1N1CC2(CCN(CC3(C#N)CCC(N)CC3)CC2)C1)C(C)C. The minimum atomic E-state index is -0.492. The van der Waals surface area contributed by atoms with Gasteiger partial charge in [-0.05, 0) is 90.6 Å². The van der Waals surface area contributed by atoms with Crippen molar-refractivity contribution in [2.75, 3.05) is 44.2 Å². The number of carbonyl (C=O) groups excluding carboxylic acids is 1. The zero-order valence-electron chi connectivity index (χ0n) is 24.5. The van der Waals surface area contributed by atoms with E-state index >= 15 is 0 Å². The molecule has 1 aromatic heterocycles. The summed E-state index contributed by atoms with van der Waals surface area (Å²) in [4.78, 5) is 28.3. The molecule has 220 valence electrons. The Balaban J connectivity index is 1.24. The first-order valence-electron chi connectivity index (χ1n) is 14.9. The molecule has 3 aliphatic rings. The number of rotatable bonds is 8. The molecule has 41 heavy (non-hydrogen) atoms. The number of benzene rings is 1. The van der Waals surface area contributed by atoms with Crippen LogP contribution in [0.5, 0.6) is 11.5 Å². The molecule has 2 saturated heterocycles. The molecule has 1 aliphatic carbocycles. The number of hydrogen-bond donors (Lipinski definition) is 1. The van der Waals surface area contributed by atoms with E-state index < -0.39 is 5.82 Å². The van der Waals surface area contributed by atoms with Gasteiger partial charge in [-0.2, -0.15) is 5.26 Å². The summed E-state index contributed by atoms with van der Waals surface area (Å²) in [6.45, 7) is 10.8. The molecule has 2 aliphatic heterocycles. The van der Waals surface area contributed by atoms with Gasteiger partial charge in [-0.15, -0.1) is 0 Å². The molecule has 1 spiro atoms. The van der Waals surface area contributed by atoms with Crippen molar-refractivity contribution in [2.45, 2.75) is 71.4 Å². The molecule has 2 N–H and O–H groups in total. The van der Waals surface area contributed by atoms with Crippen LogP contribution in [-0.2, 0) is 0 Å². The van der Waals surface area contributed by atoms with Crippen LogP contribution >= 0.6 is 0 Å². The average molecular weight is 564 g/mol. The van der Waals surface area contributed by atoms with Crippen molar-refractivity contribution < 1.29 is 13.9 Å². The first kappa shape index (κ1) is 29.2. The first-order chi connectivity index (χ1) is 19.7. The standard InChI is InChI=1S/C31H42FN7O2/c1-4-39(22(2)3)29(40)25-15-23(32)5-6-26(25)41-27-16-35-21-36-28(27)38-19-31(20-38)11-13-37(14-12-31)18-30(17-33)9-7-24(34)8-10-30/h5-6,15-16,21-22,24H,4,7-14,18-20,34H2,1-3H3. The van der Waals surface area contributed by atoms with E-state index in [1.54, 1.807) is 11.1 Å². The highest BCUT2D eigenvalue weighted by molar-refractivity contribution is 5.97. The topological polar surface area (TPSA) is 112 Å². The minimum absolute atomic E-state index is 0.0330. The maximum Gasteiger partial charge on any atom is 0.257 e. The summed E-state index contributed by atoms with van der Waals surface area (Å²) in [5.74, 6) is 0.631. The maximum absolute atomic E-state index is 14.2. The van der Waals surface area contributed by atoms with Gasteiger partial charge >= 0.3 is 0 Å². The number of carbonyl (C=O) groups is 1. The molecule has 9 nitrogen and oxygen atoms in total. The van der Waals surface area contributed by atoms with Gasteiger partial charge in [-0.25, -0.2) is 14.4 Å². The molecule has 0 atom stereocenters. The first-order valence-corrected chi connectivity index (χ1v) is 14.9. The van der Waals surface area contributed by atoms with Crippen LogP contribution in [0.2, 0.25) is 0 Å². The van der Waals surface area contributed by atoms with Gasteiger partial charge in [0.1, 0.15) is 17.9 Å². The van der Waals surface area contributed by atoms with Crippen LogP contribution in [-0.4, -0.2) is 77.0 Å². The van der Waals surface area contributed by atoms with E-state index in [2.05, 4.69) is 25.8 Å². The van der Waals surface area contributed by atoms with Crippen LogP contribution in [0.1, 0.15) is 69.7 Å². The highest BCUT2D eigenvalue weighted by Crippen LogP contribution is 2.46. The van der Waals surface area contributed by atoms with Crippen molar-refractivity contribution in [1.82, 2.24) is 19.8 Å². The third-order valence-corrected chi connectivity index (χ3v) is 9.30. The van der Waals surface area contributed by atoms with Crippen LogP contribution in [0.3, 0.4) is 0 Å². The Morgan fingerprint density at radius 3 is 2.56 bits per heavy atom. The number of hydrogen-bond acceptors (Lipinski definition) is 8. The fraction of sp³-hybridized carbons (Fsp3) is 0.613. The lowest BCUT2D eigenvalue weighted by Crippen LogP contribution is -2.61. The van der Waals surface area contributed by atoms with Crippen LogP contribution in [0.15, 0.2) is 30.7 Å². The number of amides is 1. The van der Waals surface area contributed by atoms with Crippen LogP contribution in [0, 0.1) is 28.0 Å². The molecule has 1 aromatic carbocycles. The third-order valence-electron chi connectivity index (χ3n) is 9.30. The monoisotopic (exact) mass is 563 g/mol. The Kier molecular flexibility index (Phi) is 8.48. The van der Waals surface area contributed by atoms with Crippen LogP contribution in [0.25, 0.3) is 0 Å². The molecule has 2 aromatic rings.